The zero-order valence-corrected chi connectivity index (χ0v) is 35.0. The van der Waals surface area contributed by atoms with Crippen LogP contribution in [0.1, 0.15) is 62.1 Å². The number of aromatic nitrogens is 3. The predicted octanol–water partition coefficient (Wildman–Crippen LogP) is 1.72. The predicted molar refractivity (Wildman–Crippen MR) is 220 cm³/mol. The minimum atomic E-state index is -4.54. The molecule has 3 atom stereocenters. The normalized spacial score (nSPS) is 21.4. The number of alkyl halides is 3. The van der Waals surface area contributed by atoms with Crippen LogP contribution in [0.25, 0.3) is 10.9 Å². The van der Waals surface area contributed by atoms with Gasteiger partial charge in [-0.1, -0.05) is 6.07 Å². The number of pyridine rings is 1. The van der Waals surface area contributed by atoms with Gasteiger partial charge in [-0.25, -0.2) is 9.97 Å². The zero-order valence-electron chi connectivity index (χ0n) is 35.0. The van der Waals surface area contributed by atoms with Crippen LogP contribution in [0.4, 0.5) is 19.0 Å². The molecule has 18 nitrogen and oxygen atoms in total. The summed E-state index contributed by atoms with van der Waals surface area (Å²) in [6.45, 7) is 1.83. The fourth-order valence-corrected chi connectivity index (χ4v) is 8.09. The number of hydrogen-bond donors (Lipinski definition) is 5. The van der Waals surface area contributed by atoms with Crippen molar-refractivity contribution in [1.29, 1.82) is 0 Å². The maximum absolute atomic E-state index is 13.3. The lowest BCUT2D eigenvalue weighted by Crippen LogP contribution is -2.45. The number of benzene rings is 1. The lowest BCUT2D eigenvalue weighted by molar-refractivity contribution is -0.137. The van der Waals surface area contributed by atoms with Gasteiger partial charge in [-0.2, -0.15) is 13.2 Å². The second-order valence-electron chi connectivity index (χ2n) is 15.8. The summed E-state index contributed by atoms with van der Waals surface area (Å²) in [6.07, 6.45) is 2.86. The monoisotopic (exact) mass is 882 g/mol. The van der Waals surface area contributed by atoms with Crippen molar-refractivity contribution in [3.05, 3.63) is 60.2 Å². The number of ether oxygens (including phenoxy) is 2. The molecule has 2 aromatic heterocycles. The van der Waals surface area contributed by atoms with E-state index >= 15 is 0 Å². The molecule has 0 spiro atoms. The first-order valence-electron chi connectivity index (χ1n) is 21.1. The number of carbonyl (C=O) groups excluding carboxylic acids is 6. The van der Waals surface area contributed by atoms with Gasteiger partial charge >= 0.3 is 6.18 Å². The number of nitrogens with zero attached hydrogens (tertiary/aromatic N) is 5. The van der Waals surface area contributed by atoms with E-state index in [0.717, 1.165) is 17.7 Å². The van der Waals surface area contributed by atoms with Crippen molar-refractivity contribution in [3.63, 3.8) is 0 Å². The van der Waals surface area contributed by atoms with Crippen molar-refractivity contribution in [1.82, 2.24) is 46.0 Å². The lowest BCUT2D eigenvalue weighted by Gasteiger charge is -2.28. The number of halogens is 3. The third kappa shape index (κ3) is 12.8. The van der Waals surface area contributed by atoms with Gasteiger partial charge in [0.1, 0.15) is 18.2 Å². The van der Waals surface area contributed by atoms with Crippen molar-refractivity contribution in [3.8, 4) is 0 Å². The Hall–Kier alpha value is -5.96. The molecule has 1 aliphatic carbocycles. The molecular formula is C42H53F3N10O8. The molecule has 4 heterocycles. The Balaban J connectivity index is 0.768. The van der Waals surface area contributed by atoms with E-state index in [2.05, 4.69) is 41.5 Å². The van der Waals surface area contributed by atoms with Crippen LogP contribution in [0, 0.1) is 11.8 Å². The highest BCUT2D eigenvalue weighted by Gasteiger charge is 2.42. The van der Waals surface area contributed by atoms with Gasteiger partial charge in [0, 0.05) is 75.8 Å². The summed E-state index contributed by atoms with van der Waals surface area (Å²) < 4.78 is 50.9. The molecule has 0 unspecified atom stereocenters. The van der Waals surface area contributed by atoms with E-state index in [1.165, 1.54) is 12.4 Å². The van der Waals surface area contributed by atoms with E-state index in [0.29, 0.717) is 44.2 Å². The van der Waals surface area contributed by atoms with E-state index in [4.69, 9.17) is 9.47 Å². The van der Waals surface area contributed by atoms with Gasteiger partial charge in [0.2, 0.25) is 35.4 Å². The Bertz CT molecular complexity index is 2090. The van der Waals surface area contributed by atoms with Gasteiger partial charge < -0.3 is 45.9 Å². The van der Waals surface area contributed by atoms with Crippen LogP contribution in [0.2, 0.25) is 0 Å². The summed E-state index contributed by atoms with van der Waals surface area (Å²) in [5.41, 5.74) is 0.271. The Morgan fingerprint density at radius 1 is 0.873 bits per heavy atom. The molecule has 63 heavy (non-hydrogen) atoms. The summed E-state index contributed by atoms with van der Waals surface area (Å²) in [5.74, 6) is -2.04. The molecule has 3 fully saturated rings. The van der Waals surface area contributed by atoms with Gasteiger partial charge in [0.25, 0.3) is 0 Å². The fraction of sp³-hybridized carbons (Fsp3) is 0.548. The largest absolute Gasteiger partial charge is 0.416 e. The molecule has 1 aromatic carbocycles. The molecule has 0 radical (unpaired) electrons. The van der Waals surface area contributed by atoms with Crippen LogP contribution < -0.4 is 26.6 Å². The minimum Gasteiger partial charge on any atom is -0.379 e. The average Bonchev–Trinajstić information content (AvgIpc) is 3.78. The molecule has 21 heteroatoms. The van der Waals surface area contributed by atoms with E-state index in [1.54, 1.807) is 35.3 Å². The van der Waals surface area contributed by atoms with Gasteiger partial charge in [-0.15, -0.1) is 0 Å². The van der Waals surface area contributed by atoms with Crippen LogP contribution in [0.3, 0.4) is 0 Å². The first-order valence-corrected chi connectivity index (χ1v) is 21.1. The zero-order chi connectivity index (χ0) is 44.9. The molecule has 6 rings (SSSR count). The number of likely N-dealkylation sites (tertiary alicyclic amines) is 2. The Morgan fingerprint density at radius 2 is 1.63 bits per heavy atom. The highest BCUT2D eigenvalue weighted by molar-refractivity contribution is 5.93. The first-order chi connectivity index (χ1) is 30.3. The molecule has 0 bridgehead atoms. The summed E-state index contributed by atoms with van der Waals surface area (Å²) in [5, 5.41) is 14.4. The second-order valence-corrected chi connectivity index (χ2v) is 15.8. The van der Waals surface area contributed by atoms with Crippen LogP contribution in [0.5, 0.6) is 0 Å². The van der Waals surface area contributed by atoms with Crippen molar-refractivity contribution in [2.24, 2.45) is 11.8 Å². The highest BCUT2D eigenvalue weighted by Crippen LogP contribution is 2.37. The van der Waals surface area contributed by atoms with E-state index < -0.39 is 23.7 Å². The Kier molecular flexibility index (Phi) is 16.2. The number of anilines is 1. The van der Waals surface area contributed by atoms with Crippen LogP contribution in [-0.2, 0) is 44.4 Å². The van der Waals surface area contributed by atoms with Crippen molar-refractivity contribution < 1.29 is 51.4 Å². The number of amides is 6. The molecule has 3 aromatic rings. The van der Waals surface area contributed by atoms with Crippen LogP contribution >= 0.6 is 0 Å². The van der Waals surface area contributed by atoms with Gasteiger partial charge in [-0.3, -0.25) is 33.8 Å². The summed E-state index contributed by atoms with van der Waals surface area (Å²) in [6, 6.07) is 5.59. The molecule has 5 N–H and O–H groups in total. The molecule has 1 saturated carbocycles. The topological polar surface area (TPSA) is 226 Å². The quantitative estimate of drug-likeness (QED) is 0.102. The van der Waals surface area contributed by atoms with Gasteiger partial charge in [0.15, 0.2) is 0 Å². The van der Waals surface area contributed by atoms with E-state index in [9.17, 15) is 41.9 Å². The third-order valence-electron chi connectivity index (χ3n) is 11.5. The molecule has 2 aliphatic heterocycles. The maximum atomic E-state index is 13.3. The number of fused-ring (bicyclic) bond motifs is 1. The summed E-state index contributed by atoms with van der Waals surface area (Å²) in [7, 11) is 1.68. The third-order valence-corrected chi connectivity index (χ3v) is 11.5. The smallest absolute Gasteiger partial charge is 0.379 e. The van der Waals surface area contributed by atoms with Crippen molar-refractivity contribution in [2.75, 3.05) is 71.5 Å². The molecule has 2 saturated heterocycles. The van der Waals surface area contributed by atoms with Crippen LogP contribution in [-0.4, -0.2) is 138 Å². The summed E-state index contributed by atoms with van der Waals surface area (Å²) >= 11 is 0. The van der Waals surface area contributed by atoms with E-state index in [1.807, 2.05) is 6.07 Å². The fourth-order valence-electron chi connectivity index (χ4n) is 8.09. The first kappa shape index (κ1) is 46.5. The van der Waals surface area contributed by atoms with Crippen molar-refractivity contribution >= 4 is 52.2 Å². The minimum absolute atomic E-state index is 0.0508. The number of nitrogens with one attached hydrogen (secondary N) is 5. The molecule has 340 valence electrons. The van der Waals surface area contributed by atoms with Crippen LogP contribution in [0.15, 0.2) is 49.1 Å². The molecular weight excluding hydrogens is 830 g/mol. The van der Waals surface area contributed by atoms with Gasteiger partial charge in [-0.05, 0) is 61.9 Å². The maximum Gasteiger partial charge on any atom is 0.416 e. The Morgan fingerprint density at radius 3 is 2.38 bits per heavy atom. The molecule has 6 amide bonds. The lowest BCUT2D eigenvalue weighted by atomic mass is 9.85. The second kappa shape index (κ2) is 21.9. The molecule has 3 aliphatic rings. The summed E-state index contributed by atoms with van der Waals surface area (Å²) in [4.78, 5) is 91.3. The Labute approximate surface area is 361 Å². The van der Waals surface area contributed by atoms with E-state index in [-0.39, 0.29) is 130 Å². The number of hydrogen-bond acceptors (Lipinski definition) is 12. The number of carbonyl (C=O) groups is 6. The number of rotatable bonds is 20. The standard InChI is InChI=1S/C42H53F3N10O8/c1-54-36(58)22-31(37(54)27-3-2-12-46-23-27)40(60)48-14-18-63-20-19-62-17-11-34(56)49-24-35(57)52-29-7-4-26(5-8-29)39(59)47-13-16-55-15-10-33(41(55)61)53-38-30-21-28(42(43,44)45)6-9-32(30)50-25-51-38/h2-3,6,9,12,21,23,25-26,29,31,33,37H,4-5,7-8,10-11,13-20,22,24H2,1H3,(H,47,59)(H,48,60)(H,49,56)(H,52,57)(H,50,51,53)/t26?,29?,31-,33-,37+/m0/s1. The van der Waals surface area contributed by atoms with Crippen molar-refractivity contribution in [2.45, 2.75) is 69.2 Å². The highest BCUT2D eigenvalue weighted by atomic mass is 19.4. The van der Waals surface area contributed by atoms with Gasteiger partial charge in [0.05, 0.1) is 56.0 Å². The SMILES string of the molecule is CN1C(=O)C[C@H](C(=O)NCCOCCOCCC(=O)NCC(=O)NC2CCC(C(=O)NCCN3CC[C@H](Nc4ncnc5ccc(C(F)(F)F)cc45)C3=O)CC2)[C@H]1c1cccnc1. The average molecular weight is 883 g/mol.